The van der Waals surface area contributed by atoms with Crippen molar-refractivity contribution in [3.05, 3.63) is 108 Å². The molecule has 6 aromatic heterocycles. The first-order valence-electron chi connectivity index (χ1n) is 24.3. The van der Waals surface area contributed by atoms with Crippen molar-refractivity contribution in [2.24, 2.45) is 42.3 Å². The van der Waals surface area contributed by atoms with Crippen molar-refractivity contribution >= 4 is 101 Å². The Kier molecular flexibility index (Phi) is 25.6. The molecule has 6 rings (SSSR count). The summed E-state index contributed by atoms with van der Waals surface area (Å²) in [7, 11) is 12.5. The maximum Gasteiger partial charge on any atom is 0.412 e. The van der Waals surface area contributed by atoms with Crippen molar-refractivity contribution < 1.29 is 77.0 Å². The number of nitrogens with two attached hydrogens (primary N) is 1. The van der Waals surface area contributed by atoms with Gasteiger partial charge in [0, 0.05) is 79.5 Å². The second-order valence-corrected chi connectivity index (χ2v) is 20.8. The summed E-state index contributed by atoms with van der Waals surface area (Å²) in [6.07, 6.45) is 7.61. The van der Waals surface area contributed by atoms with E-state index in [9.17, 15) is 43.2 Å². The number of amides is 5. The fourth-order valence-corrected chi connectivity index (χ4v) is 6.90. The minimum absolute atomic E-state index is 0. The first-order chi connectivity index (χ1) is 37.3. The van der Waals surface area contributed by atoms with Crippen LogP contribution in [0.2, 0.25) is 0 Å². The number of nitrogen functional groups attached to an aromatic ring is 1. The average Bonchev–Trinajstić information content (AvgIpc) is 4.21. The fourth-order valence-electron chi connectivity index (χ4n) is 6.90. The Bertz CT molecular complexity index is 3280. The third-order valence-electron chi connectivity index (χ3n) is 10.2. The molecular formula is C54H77ClN12O16. The molecule has 5 amide bonds. The lowest BCUT2D eigenvalue weighted by Crippen LogP contribution is -2.27. The number of methoxy groups -OCH3 is 2. The molecule has 9 N–H and O–H groups in total. The van der Waals surface area contributed by atoms with Gasteiger partial charge in [-0.15, -0.1) is 12.4 Å². The lowest BCUT2D eigenvalue weighted by Gasteiger charge is -2.19. The largest absolute Gasteiger partial charge is 0.477 e. The highest BCUT2D eigenvalue weighted by molar-refractivity contribution is 6.06. The van der Waals surface area contributed by atoms with Crippen LogP contribution in [-0.4, -0.2) is 123 Å². The molecule has 0 aliphatic rings. The smallest absolute Gasteiger partial charge is 0.412 e. The van der Waals surface area contributed by atoms with E-state index in [2.05, 4.69) is 36.1 Å². The number of carbonyl (C=O) groups is 9. The number of carboxylic acid groups (broad SMARTS) is 2. The van der Waals surface area contributed by atoms with Crippen LogP contribution in [-0.2, 0) is 66.0 Å². The Hall–Kier alpha value is -9.60. The van der Waals surface area contributed by atoms with Crippen molar-refractivity contribution in [2.75, 3.05) is 46.5 Å². The Morgan fingerprint density at radius 1 is 0.398 bits per heavy atom. The number of nitrogens with one attached hydrogen (secondary N) is 5. The second-order valence-electron chi connectivity index (χ2n) is 20.8. The molecule has 0 bridgehead atoms. The standard InChI is InChI=1S/C18H24N4O5.C17H22N4O5.C11H16N2O4.C7H10N2O2.CH4.ClH/c1-18(2,3)27-17(25)20-12-7-13(21(4)10-12)15(23)19-11-8-14(16(24)26-6)22(5)9-11;1-17(2,3)26-16(25)19-11-6-12(20(4)9-11)14(22)18-10-7-13(15(23)24)21(5)8-10;1-11(2,3)17-10(16)12-7-5-8(9(14)15)13(4)6-7;1-9-4-5(8)3-6(9)7(10)11-2;;/h7-10H,1-6H3,(H,19,23)(H,20,25);6-9H,1-5H3,(H,18,22)(H,19,25)(H,23,24);5-6H,1-4H3,(H,12,16)(H,14,15);3-4H,8H2,1-2H3;1H4;1H. The molecule has 28 nitrogen and oxygen atoms in total. The van der Waals surface area contributed by atoms with Gasteiger partial charge in [0.15, 0.2) is 0 Å². The van der Waals surface area contributed by atoms with Gasteiger partial charge in [-0.1, -0.05) is 7.43 Å². The lowest BCUT2D eigenvalue weighted by molar-refractivity contribution is 0.0581. The summed E-state index contributed by atoms with van der Waals surface area (Å²) in [5, 5.41) is 30.8. The maximum absolute atomic E-state index is 12.5. The van der Waals surface area contributed by atoms with Crippen LogP contribution in [0.1, 0.15) is 133 Å². The second kappa shape index (κ2) is 29.7. The summed E-state index contributed by atoms with van der Waals surface area (Å²) in [6.45, 7) is 15.8. The van der Waals surface area contributed by atoms with E-state index in [1.165, 1.54) is 66.1 Å². The minimum Gasteiger partial charge on any atom is -0.477 e. The Morgan fingerprint density at radius 3 is 0.867 bits per heavy atom. The van der Waals surface area contributed by atoms with Gasteiger partial charge in [0.1, 0.15) is 51.0 Å². The van der Waals surface area contributed by atoms with Crippen LogP contribution >= 0.6 is 12.4 Å². The Balaban J connectivity index is 0.000000574. The molecule has 6 aromatic rings. The zero-order chi connectivity index (χ0) is 61.6. The molecule has 0 aliphatic heterocycles. The number of carbonyl (C=O) groups excluding carboxylic acids is 7. The molecule has 29 heteroatoms. The summed E-state index contributed by atoms with van der Waals surface area (Å²) < 4.78 is 33.7. The molecule has 0 saturated heterocycles. The van der Waals surface area contributed by atoms with Crippen molar-refractivity contribution in [3.63, 3.8) is 0 Å². The predicted molar refractivity (Wildman–Crippen MR) is 313 cm³/mol. The van der Waals surface area contributed by atoms with Crippen LogP contribution < -0.4 is 32.3 Å². The van der Waals surface area contributed by atoms with Gasteiger partial charge in [0.05, 0.1) is 48.3 Å². The molecule has 0 aromatic carbocycles. The highest BCUT2D eigenvalue weighted by atomic mass is 35.5. The van der Waals surface area contributed by atoms with Crippen LogP contribution in [0.4, 0.5) is 48.5 Å². The van der Waals surface area contributed by atoms with E-state index in [4.69, 9.17) is 30.2 Å². The quantitative estimate of drug-likeness (QED) is 0.0443. The highest BCUT2D eigenvalue weighted by Gasteiger charge is 2.23. The lowest BCUT2D eigenvalue weighted by atomic mass is 10.2. The molecule has 83 heavy (non-hydrogen) atoms. The SMILES string of the molecule is C.COC(=O)c1cc(N)cn1C.COC(=O)c1cc(NC(=O)c2cc(NC(=O)OC(C)(C)C)cn2C)cn1C.Cl.Cn1cc(NC(=O)OC(C)(C)C)cc1C(=O)O.Cn1cc(NC(=O)c2cc(NC(=O)OC(C)(C)C)cn2C)cc1C(=O)O. The van der Waals surface area contributed by atoms with Gasteiger partial charge in [0.2, 0.25) is 0 Å². The number of carboxylic acids is 2. The van der Waals surface area contributed by atoms with Gasteiger partial charge >= 0.3 is 42.2 Å². The summed E-state index contributed by atoms with van der Waals surface area (Å²) in [6, 6.07) is 8.86. The first-order valence-corrected chi connectivity index (χ1v) is 24.3. The number of ether oxygens (including phenoxy) is 5. The Labute approximate surface area is 486 Å². The molecule has 6 heterocycles. The van der Waals surface area contributed by atoms with Crippen LogP contribution in [0, 0.1) is 0 Å². The van der Waals surface area contributed by atoms with E-state index >= 15 is 0 Å². The summed E-state index contributed by atoms with van der Waals surface area (Å²) in [5.41, 5.74) is 7.74. The van der Waals surface area contributed by atoms with Crippen LogP contribution in [0.5, 0.6) is 0 Å². The minimum atomic E-state index is -1.09. The molecule has 0 fully saturated rings. The number of nitrogens with zero attached hydrogens (tertiary/aromatic N) is 6. The summed E-state index contributed by atoms with van der Waals surface area (Å²) >= 11 is 0. The number of aromatic nitrogens is 6. The van der Waals surface area contributed by atoms with Gasteiger partial charge in [-0.05, 0) is 98.7 Å². The van der Waals surface area contributed by atoms with Gasteiger partial charge < -0.3 is 77.7 Å². The van der Waals surface area contributed by atoms with Crippen LogP contribution in [0.25, 0.3) is 0 Å². The molecule has 0 saturated carbocycles. The molecule has 0 unspecified atom stereocenters. The molecule has 456 valence electrons. The third kappa shape index (κ3) is 22.8. The van der Waals surface area contributed by atoms with Crippen LogP contribution in [0.15, 0.2) is 73.6 Å². The van der Waals surface area contributed by atoms with Gasteiger partial charge in [-0.2, -0.15) is 0 Å². The molecule has 0 radical (unpaired) electrons. The number of anilines is 6. The number of hydrogen-bond donors (Lipinski definition) is 8. The van der Waals surface area contributed by atoms with Crippen molar-refractivity contribution in [1.29, 1.82) is 0 Å². The van der Waals surface area contributed by atoms with Crippen molar-refractivity contribution in [2.45, 2.75) is 86.5 Å². The monoisotopic (exact) mass is 1180 g/mol. The predicted octanol–water partition coefficient (Wildman–Crippen LogP) is 8.93. The van der Waals surface area contributed by atoms with Gasteiger partial charge in [0.25, 0.3) is 11.8 Å². The molecular weight excluding hydrogens is 1110 g/mol. The van der Waals surface area contributed by atoms with E-state index in [0.29, 0.717) is 51.2 Å². The topological polar surface area (TPSA) is 356 Å². The number of aromatic carboxylic acids is 2. The van der Waals surface area contributed by atoms with E-state index in [-0.39, 0.29) is 42.9 Å². The van der Waals surface area contributed by atoms with Gasteiger partial charge in [-0.3, -0.25) is 25.5 Å². The highest BCUT2D eigenvalue weighted by Crippen LogP contribution is 2.22. The number of aryl methyl sites for hydroxylation is 6. The van der Waals surface area contributed by atoms with E-state index in [0.717, 1.165) is 0 Å². The number of hydrogen-bond acceptors (Lipinski definition) is 15. The number of esters is 2. The zero-order valence-corrected chi connectivity index (χ0v) is 49.5. The summed E-state index contributed by atoms with van der Waals surface area (Å²) in [5.74, 6) is -3.84. The molecule has 0 aliphatic carbocycles. The molecule has 0 spiro atoms. The molecule has 0 atom stereocenters. The fraction of sp³-hybridized carbons (Fsp3) is 0.389. The van der Waals surface area contributed by atoms with E-state index < -0.39 is 64.8 Å². The van der Waals surface area contributed by atoms with E-state index in [1.54, 1.807) is 154 Å². The number of halogens is 1. The first kappa shape index (κ1) is 71.4. The Morgan fingerprint density at radius 2 is 0.627 bits per heavy atom. The van der Waals surface area contributed by atoms with E-state index in [1.807, 2.05) is 0 Å². The summed E-state index contributed by atoms with van der Waals surface area (Å²) in [4.78, 5) is 104. The average molecular weight is 1190 g/mol. The van der Waals surface area contributed by atoms with Gasteiger partial charge in [-0.25, -0.2) is 33.6 Å². The van der Waals surface area contributed by atoms with Crippen molar-refractivity contribution in [1.82, 2.24) is 27.4 Å². The third-order valence-corrected chi connectivity index (χ3v) is 10.2. The van der Waals surface area contributed by atoms with Crippen LogP contribution in [0.3, 0.4) is 0 Å². The maximum atomic E-state index is 12.5. The van der Waals surface area contributed by atoms with Crippen molar-refractivity contribution in [3.8, 4) is 0 Å². The number of rotatable bonds is 11. The normalized spacial score (nSPS) is 10.6. The zero-order valence-electron chi connectivity index (χ0n) is 48.7.